The first kappa shape index (κ1) is 27.3. The van der Waals surface area contributed by atoms with Gasteiger partial charge in [-0.1, -0.05) is 46.3 Å². The van der Waals surface area contributed by atoms with Crippen LogP contribution in [0.1, 0.15) is 15.9 Å². The van der Waals surface area contributed by atoms with Crippen LogP contribution in [0, 0.1) is 0 Å². The zero-order valence-corrected chi connectivity index (χ0v) is 19.8. The zero-order valence-electron chi connectivity index (χ0n) is 18.2. The maximum atomic E-state index is 13.0. The Kier molecular flexibility index (Phi) is 10.5. The standard InChI is InChI=1S/C21H24BrN3O2.C2HF3O2/c22-19-8-6-18(7-9-19)21(27)25(13-10-17-4-2-1-3-5-17)16-20(26)24-14-11-23-12-15-24;3-2(4,5)1(6)7/h1-9,23H,10-16H2;(H,6,7). The number of carboxylic acid groups (broad SMARTS) is 1. The fraction of sp³-hybridized carbons (Fsp3) is 0.348. The van der Waals surface area contributed by atoms with Crippen LogP contribution < -0.4 is 5.32 Å². The molecule has 0 radical (unpaired) electrons. The van der Waals surface area contributed by atoms with Gasteiger partial charge in [-0.3, -0.25) is 9.59 Å². The summed E-state index contributed by atoms with van der Waals surface area (Å²) in [5, 5.41) is 10.4. The van der Waals surface area contributed by atoms with Gasteiger partial charge in [-0.25, -0.2) is 4.79 Å². The van der Waals surface area contributed by atoms with Crippen LogP contribution in [0.2, 0.25) is 0 Å². The number of alkyl halides is 3. The molecule has 0 atom stereocenters. The average Bonchev–Trinajstić information content (AvgIpc) is 2.82. The Bertz CT molecular complexity index is 950. The molecule has 1 aliphatic heterocycles. The van der Waals surface area contributed by atoms with Crippen LogP contribution in [-0.2, 0) is 16.0 Å². The quantitative estimate of drug-likeness (QED) is 0.584. The van der Waals surface area contributed by atoms with Crippen LogP contribution in [0.15, 0.2) is 59.1 Å². The van der Waals surface area contributed by atoms with Crippen LogP contribution in [-0.4, -0.2) is 78.1 Å². The van der Waals surface area contributed by atoms with Crippen molar-refractivity contribution in [3.05, 3.63) is 70.2 Å². The van der Waals surface area contributed by atoms with E-state index < -0.39 is 12.1 Å². The SMILES string of the molecule is O=C(CN(CCc1ccccc1)C(=O)c1ccc(Br)cc1)N1CCNCC1.O=C(O)C(F)(F)F. The molecule has 1 heterocycles. The largest absolute Gasteiger partial charge is 0.490 e. The third-order valence-corrected chi connectivity index (χ3v) is 5.46. The van der Waals surface area contributed by atoms with E-state index in [1.54, 1.807) is 17.0 Å². The van der Waals surface area contributed by atoms with E-state index in [0.717, 1.165) is 29.5 Å². The van der Waals surface area contributed by atoms with Crippen molar-refractivity contribution in [1.29, 1.82) is 0 Å². The van der Waals surface area contributed by atoms with Crippen LogP contribution in [0.3, 0.4) is 0 Å². The van der Waals surface area contributed by atoms with Crippen molar-refractivity contribution in [1.82, 2.24) is 15.1 Å². The van der Waals surface area contributed by atoms with E-state index in [9.17, 15) is 22.8 Å². The van der Waals surface area contributed by atoms with Crippen LogP contribution in [0.25, 0.3) is 0 Å². The topological polar surface area (TPSA) is 90.0 Å². The summed E-state index contributed by atoms with van der Waals surface area (Å²) in [6.45, 7) is 3.61. The lowest BCUT2D eigenvalue weighted by atomic mass is 10.1. The summed E-state index contributed by atoms with van der Waals surface area (Å²) in [5.41, 5.74) is 1.75. The highest BCUT2D eigenvalue weighted by molar-refractivity contribution is 9.10. The number of aliphatic carboxylic acids is 1. The number of carbonyl (C=O) groups excluding carboxylic acids is 2. The Hall–Kier alpha value is -2.92. The molecule has 7 nitrogen and oxygen atoms in total. The van der Waals surface area contributed by atoms with Gasteiger partial charge in [0.15, 0.2) is 0 Å². The van der Waals surface area contributed by atoms with Crippen LogP contribution in [0.5, 0.6) is 0 Å². The highest BCUT2D eigenvalue weighted by Crippen LogP contribution is 2.14. The minimum absolute atomic E-state index is 0.00928. The number of nitrogens with one attached hydrogen (secondary N) is 1. The average molecular weight is 544 g/mol. The molecule has 0 saturated carbocycles. The molecule has 2 aromatic carbocycles. The second kappa shape index (κ2) is 13.1. The number of piperazine rings is 1. The molecular formula is C23H25BrF3N3O4. The van der Waals surface area contributed by atoms with Crippen molar-refractivity contribution in [3.8, 4) is 0 Å². The molecule has 11 heteroatoms. The van der Waals surface area contributed by atoms with Gasteiger partial charge in [0, 0.05) is 42.8 Å². The van der Waals surface area contributed by atoms with Crippen molar-refractivity contribution >= 4 is 33.7 Å². The minimum Gasteiger partial charge on any atom is -0.475 e. The fourth-order valence-electron chi connectivity index (χ4n) is 3.11. The lowest BCUT2D eigenvalue weighted by molar-refractivity contribution is -0.192. The van der Waals surface area contributed by atoms with Crippen molar-refractivity contribution in [2.75, 3.05) is 39.3 Å². The predicted octanol–water partition coefficient (Wildman–Crippen LogP) is 3.20. The van der Waals surface area contributed by atoms with E-state index in [0.29, 0.717) is 25.2 Å². The van der Waals surface area contributed by atoms with Crippen LogP contribution >= 0.6 is 15.9 Å². The first-order valence-electron chi connectivity index (χ1n) is 10.5. The predicted molar refractivity (Wildman–Crippen MR) is 123 cm³/mol. The Balaban J connectivity index is 0.000000509. The number of amides is 2. The first-order chi connectivity index (χ1) is 16.1. The van der Waals surface area contributed by atoms with Gasteiger partial charge in [-0.05, 0) is 36.2 Å². The second-order valence-corrected chi connectivity index (χ2v) is 8.32. The lowest BCUT2D eigenvalue weighted by Gasteiger charge is -2.30. The molecule has 1 aliphatic rings. The first-order valence-corrected chi connectivity index (χ1v) is 11.2. The number of halogens is 4. The number of hydrogen-bond donors (Lipinski definition) is 2. The fourth-order valence-corrected chi connectivity index (χ4v) is 3.38. The highest BCUT2D eigenvalue weighted by atomic mass is 79.9. The molecule has 3 rings (SSSR count). The maximum Gasteiger partial charge on any atom is 0.490 e. The van der Waals surface area contributed by atoms with E-state index in [2.05, 4.69) is 21.2 Å². The molecule has 1 fully saturated rings. The van der Waals surface area contributed by atoms with Gasteiger partial charge in [0.05, 0.1) is 0 Å². The molecule has 0 unspecified atom stereocenters. The summed E-state index contributed by atoms with van der Waals surface area (Å²) in [6.07, 6.45) is -4.36. The Morgan fingerprint density at radius 1 is 1.00 bits per heavy atom. The number of carboxylic acids is 1. The molecule has 2 aromatic rings. The lowest BCUT2D eigenvalue weighted by Crippen LogP contribution is -2.50. The Morgan fingerprint density at radius 2 is 1.56 bits per heavy atom. The van der Waals surface area contributed by atoms with Gasteiger partial charge in [-0.15, -0.1) is 0 Å². The van der Waals surface area contributed by atoms with E-state index in [1.807, 2.05) is 47.4 Å². The maximum absolute atomic E-state index is 13.0. The molecule has 0 aromatic heterocycles. The van der Waals surface area contributed by atoms with Gasteiger partial charge in [-0.2, -0.15) is 13.2 Å². The summed E-state index contributed by atoms with van der Waals surface area (Å²) in [6, 6.07) is 17.3. The van der Waals surface area contributed by atoms with Crippen molar-refractivity contribution < 1.29 is 32.7 Å². The third kappa shape index (κ3) is 9.14. The van der Waals surface area contributed by atoms with E-state index in [4.69, 9.17) is 9.90 Å². The van der Waals surface area contributed by atoms with Gasteiger partial charge >= 0.3 is 12.1 Å². The third-order valence-electron chi connectivity index (χ3n) is 4.93. The molecule has 2 amide bonds. The highest BCUT2D eigenvalue weighted by Gasteiger charge is 2.38. The van der Waals surface area contributed by atoms with Crippen molar-refractivity contribution in [2.24, 2.45) is 0 Å². The van der Waals surface area contributed by atoms with Crippen molar-refractivity contribution in [2.45, 2.75) is 12.6 Å². The Morgan fingerprint density at radius 3 is 2.09 bits per heavy atom. The minimum atomic E-state index is -5.08. The van der Waals surface area contributed by atoms with Gasteiger partial charge in [0.25, 0.3) is 5.91 Å². The number of nitrogens with zero attached hydrogens (tertiary/aromatic N) is 2. The monoisotopic (exact) mass is 543 g/mol. The number of benzene rings is 2. The molecule has 0 aliphatic carbocycles. The Labute approximate surface area is 203 Å². The summed E-state index contributed by atoms with van der Waals surface area (Å²) in [4.78, 5) is 38.1. The molecule has 0 spiro atoms. The molecule has 1 saturated heterocycles. The summed E-state index contributed by atoms with van der Waals surface area (Å²) >= 11 is 3.39. The van der Waals surface area contributed by atoms with Gasteiger partial charge < -0.3 is 20.2 Å². The summed E-state index contributed by atoms with van der Waals surface area (Å²) in [7, 11) is 0. The second-order valence-electron chi connectivity index (χ2n) is 7.40. The van der Waals surface area contributed by atoms with Gasteiger partial charge in [0.1, 0.15) is 6.54 Å². The molecular weight excluding hydrogens is 519 g/mol. The summed E-state index contributed by atoms with van der Waals surface area (Å²) in [5.74, 6) is -2.86. The molecule has 2 N–H and O–H groups in total. The van der Waals surface area contributed by atoms with Gasteiger partial charge in [0.2, 0.25) is 5.91 Å². The van der Waals surface area contributed by atoms with E-state index >= 15 is 0 Å². The number of rotatable bonds is 6. The van der Waals surface area contributed by atoms with Crippen molar-refractivity contribution in [3.63, 3.8) is 0 Å². The molecule has 0 bridgehead atoms. The smallest absolute Gasteiger partial charge is 0.475 e. The number of hydrogen-bond acceptors (Lipinski definition) is 4. The van der Waals surface area contributed by atoms with E-state index in [1.165, 1.54) is 0 Å². The number of carbonyl (C=O) groups is 3. The molecule has 34 heavy (non-hydrogen) atoms. The molecule has 184 valence electrons. The zero-order chi connectivity index (χ0) is 25.1. The normalized spacial score (nSPS) is 13.5. The van der Waals surface area contributed by atoms with Crippen LogP contribution in [0.4, 0.5) is 13.2 Å². The van der Waals surface area contributed by atoms with E-state index in [-0.39, 0.29) is 18.4 Å². The summed E-state index contributed by atoms with van der Waals surface area (Å²) < 4.78 is 32.7.